The Balaban J connectivity index is 2.93. The Morgan fingerprint density at radius 1 is 1.50 bits per heavy atom. The van der Waals surface area contributed by atoms with Crippen LogP contribution in [0.15, 0.2) is 18.5 Å². The molecule has 0 saturated heterocycles. The lowest BCUT2D eigenvalue weighted by molar-refractivity contribution is 0.394. The van der Waals surface area contributed by atoms with Gasteiger partial charge in [-0.05, 0) is 18.9 Å². The second-order valence-electron chi connectivity index (χ2n) is 2.78. The molecule has 0 amide bonds. The molecule has 0 radical (unpaired) electrons. The molecule has 76 valence electrons. The number of nitrogens with zero attached hydrogens (tertiary/aromatic N) is 2. The van der Waals surface area contributed by atoms with Crippen molar-refractivity contribution in [3.63, 3.8) is 0 Å². The third-order valence-electron chi connectivity index (χ3n) is 1.79. The van der Waals surface area contributed by atoms with E-state index in [-0.39, 0.29) is 0 Å². The van der Waals surface area contributed by atoms with E-state index in [1.807, 2.05) is 13.0 Å². The second kappa shape index (κ2) is 5.60. The zero-order chi connectivity index (χ0) is 10.4. The summed E-state index contributed by atoms with van der Waals surface area (Å²) in [6.45, 7) is 1.97. The first-order valence-electron chi connectivity index (χ1n) is 4.37. The molecule has 0 atom stereocenters. The van der Waals surface area contributed by atoms with Crippen LogP contribution < -0.4 is 4.74 Å². The third kappa shape index (κ3) is 2.70. The summed E-state index contributed by atoms with van der Waals surface area (Å²) < 4.78 is 5.10. The number of rotatable bonds is 4. The molecule has 0 unspecified atom stereocenters. The van der Waals surface area contributed by atoms with Crippen LogP contribution in [0, 0.1) is 0 Å². The van der Waals surface area contributed by atoms with Gasteiger partial charge in [-0.1, -0.05) is 6.08 Å². The number of hydrogen-bond acceptors (Lipinski definition) is 3. The average Bonchev–Trinajstić information content (AvgIpc) is 2.25. The zero-order valence-corrected chi connectivity index (χ0v) is 9.08. The molecule has 1 rings (SSSR count). The van der Waals surface area contributed by atoms with Crippen LogP contribution in [0.4, 0.5) is 0 Å². The highest BCUT2D eigenvalue weighted by molar-refractivity contribution is 6.17. The highest BCUT2D eigenvalue weighted by Crippen LogP contribution is 2.20. The molecule has 0 aromatic carbocycles. The van der Waals surface area contributed by atoms with Gasteiger partial charge in [0, 0.05) is 18.3 Å². The molecule has 0 aliphatic heterocycles. The van der Waals surface area contributed by atoms with Crippen molar-refractivity contribution in [2.24, 2.45) is 0 Å². The fraction of sp³-hybridized carbons (Fsp3) is 0.400. The number of aromatic nitrogens is 2. The van der Waals surface area contributed by atoms with Crippen molar-refractivity contribution in [3.05, 3.63) is 24.2 Å². The number of methoxy groups -OCH3 is 1. The maximum absolute atomic E-state index is 5.59. The quantitative estimate of drug-likeness (QED) is 0.720. The Morgan fingerprint density at radius 2 is 2.21 bits per heavy atom. The van der Waals surface area contributed by atoms with E-state index >= 15 is 0 Å². The first-order chi connectivity index (χ1) is 6.79. The van der Waals surface area contributed by atoms with Crippen LogP contribution in [0.25, 0.3) is 5.57 Å². The van der Waals surface area contributed by atoms with Crippen molar-refractivity contribution < 1.29 is 4.74 Å². The first-order valence-corrected chi connectivity index (χ1v) is 4.91. The van der Waals surface area contributed by atoms with Gasteiger partial charge in [0.1, 0.15) is 5.69 Å². The Kier molecular flexibility index (Phi) is 4.40. The Hall–Kier alpha value is -1.09. The molecule has 1 aromatic rings. The van der Waals surface area contributed by atoms with Crippen LogP contribution in [0.2, 0.25) is 0 Å². The Morgan fingerprint density at radius 3 is 2.86 bits per heavy atom. The van der Waals surface area contributed by atoms with Crippen LogP contribution in [0.5, 0.6) is 5.88 Å². The van der Waals surface area contributed by atoms with Gasteiger partial charge in [0.15, 0.2) is 0 Å². The lowest BCUT2D eigenvalue weighted by Gasteiger charge is -2.05. The van der Waals surface area contributed by atoms with Crippen molar-refractivity contribution >= 4 is 17.2 Å². The topological polar surface area (TPSA) is 35.0 Å². The minimum atomic E-state index is 0.552. The predicted molar refractivity (Wildman–Crippen MR) is 57.6 cm³/mol. The fourth-order valence-electron chi connectivity index (χ4n) is 1.11. The second-order valence-corrected chi connectivity index (χ2v) is 3.16. The molecule has 0 spiro atoms. The van der Waals surface area contributed by atoms with Crippen LogP contribution in [-0.2, 0) is 0 Å². The van der Waals surface area contributed by atoms with Gasteiger partial charge in [-0.15, -0.1) is 11.6 Å². The summed E-state index contributed by atoms with van der Waals surface area (Å²) in [6.07, 6.45) is 6.11. The average molecular weight is 213 g/mol. The number of allylic oxidation sites excluding steroid dienone is 2. The molecule has 0 N–H and O–H groups in total. The minimum Gasteiger partial charge on any atom is -0.479 e. The van der Waals surface area contributed by atoms with Crippen LogP contribution in [0.3, 0.4) is 0 Å². The van der Waals surface area contributed by atoms with Gasteiger partial charge >= 0.3 is 0 Å². The molecule has 3 nitrogen and oxygen atoms in total. The standard InChI is InChI=1S/C10H13ClN2O/c1-8(4-3-5-11)9-10(14-2)13-7-6-12-9/h4,6-7H,3,5H2,1-2H3. The van der Waals surface area contributed by atoms with Gasteiger partial charge in [-0.2, -0.15) is 0 Å². The van der Waals surface area contributed by atoms with E-state index in [4.69, 9.17) is 16.3 Å². The van der Waals surface area contributed by atoms with Gasteiger partial charge < -0.3 is 4.74 Å². The molecule has 0 fully saturated rings. The first kappa shape index (κ1) is 11.0. The summed E-state index contributed by atoms with van der Waals surface area (Å²) in [5.74, 6) is 1.16. The SMILES string of the molecule is COc1nccnc1C(C)=CCCCl. The molecule has 0 saturated carbocycles. The monoisotopic (exact) mass is 212 g/mol. The van der Waals surface area contributed by atoms with Crippen LogP contribution >= 0.6 is 11.6 Å². The van der Waals surface area contributed by atoms with E-state index in [0.717, 1.165) is 17.7 Å². The van der Waals surface area contributed by atoms with Crippen molar-refractivity contribution in [1.29, 1.82) is 0 Å². The van der Waals surface area contributed by atoms with Gasteiger partial charge in [0.25, 0.3) is 0 Å². The molecule has 4 heteroatoms. The number of ether oxygens (including phenoxy) is 1. The highest BCUT2D eigenvalue weighted by Gasteiger charge is 2.05. The predicted octanol–water partition coefficient (Wildman–Crippen LogP) is 2.52. The van der Waals surface area contributed by atoms with Gasteiger partial charge in [-0.25, -0.2) is 9.97 Å². The summed E-state index contributed by atoms with van der Waals surface area (Å²) in [5.41, 5.74) is 1.82. The number of alkyl halides is 1. The molecule has 1 aromatic heterocycles. The van der Waals surface area contributed by atoms with E-state index in [1.165, 1.54) is 0 Å². The molecule has 0 aliphatic rings. The van der Waals surface area contributed by atoms with Gasteiger partial charge in [0.05, 0.1) is 7.11 Å². The smallest absolute Gasteiger partial charge is 0.239 e. The molecule has 14 heavy (non-hydrogen) atoms. The summed E-state index contributed by atoms with van der Waals surface area (Å²) in [5, 5.41) is 0. The number of halogens is 1. The van der Waals surface area contributed by atoms with Crippen molar-refractivity contribution in [2.75, 3.05) is 13.0 Å². The molecular weight excluding hydrogens is 200 g/mol. The van der Waals surface area contributed by atoms with Crippen LogP contribution in [0.1, 0.15) is 19.0 Å². The normalized spacial score (nSPS) is 11.5. The minimum absolute atomic E-state index is 0.552. The number of hydrogen-bond donors (Lipinski definition) is 0. The summed E-state index contributed by atoms with van der Waals surface area (Å²) in [7, 11) is 1.59. The summed E-state index contributed by atoms with van der Waals surface area (Å²) >= 11 is 5.59. The van der Waals surface area contributed by atoms with E-state index in [9.17, 15) is 0 Å². The summed E-state index contributed by atoms with van der Waals surface area (Å²) in [6, 6.07) is 0. The lowest BCUT2D eigenvalue weighted by atomic mass is 10.2. The molecule has 1 heterocycles. The zero-order valence-electron chi connectivity index (χ0n) is 8.33. The largest absolute Gasteiger partial charge is 0.479 e. The van der Waals surface area contributed by atoms with Crippen molar-refractivity contribution in [2.45, 2.75) is 13.3 Å². The van der Waals surface area contributed by atoms with Crippen molar-refractivity contribution in [3.8, 4) is 5.88 Å². The van der Waals surface area contributed by atoms with E-state index in [1.54, 1.807) is 19.5 Å². The Bertz CT molecular complexity index is 326. The third-order valence-corrected chi connectivity index (χ3v) is 2.01. The Labute approximate surface area is 88.8 Å². The van der Waals surface area contributed by atoms with Crippen molar-refractivity contribution in [1.82, 2.24) is 9.97 Å². The van der Waals surface area contributed by atoms with Gasteiger partial charge in [-0.3, -0.25) is 0 Å². The van der Waals surface area contributed by atoms with E-state index < -0.39 is 0 Å². The van der Waals surface area contributed by atoms with E-state index in [2.05, 4.69) is 9.97 Å². The summed E-state index contributed by atoms with van der Waals surface area (Å²) in [4.78, 5) is 8.27. The van der Waals surface area contributed by atoms with Crippen LogP contribution in [-0.4, -0.2) is 23.0 Å². The van der Waals surface area contributed by atoms with E-state index in [0.29, 0.717) is 11.8 Å². The molecule has 0 bridgehead atoms. The maximum Gasteiger partial charge on any atom is 0.239 e. The van der Waals surface area contributed by atoms with Gasteiger partial charge in [0.2, 0.25) is 5.88 Å². The molecular formula is C10H13ClN2O. The maximum atomic E-state index is 5.59. The molecule has 0 aliphatic carbocycles. The fourth-order valence-corrected chi connectivity index (χ4v) is 1.22. The lowest BCUT2D eigenvalue weighted by Crippen LogP contribution is -1.95. The highest BCUT2D eigenvalue weighted by atomic mass is 35.5.